The summed E-state index contributed by atoms with van der Waals surface area (Å²) in [7, 11) is 0. The first-order chi connectivity index (χ1) is 9.56. The van der Waals surface area contributed by atoms with Crippen molar-refractivity contribution < 1.29 is 19.1 Å². The van der Waals surface area contributed by atoms with Crippen LogP contribution in [0.2, 0.25) is 0 Å². The molecular weight excluding hydrogens is 263 g/mol. The summed E-state index contributed by atoms with van der Waals surface area (Å²) >= 11 is 0. The number of carbonyl (C=O) groups excluding carboxylic acids is 1. The normalized spacial score (nSPS) is 15.1. The molecule has 108 valence electrons. The number of aliphatic carboxylic acids is 1. The average Bonchev–Trinajstić information content (AvgIpc) is 2.92. The molecule has 6 heteroatoms. The van der Waals surface area contributed by atoms with E-state index in [4.69, 9.17) is 5.11 Å². The molecule has 1 aliphatic carbocycles. The highest BCUT2D eigenvalue weighted by Crippen LogP contribution is 2.24. The molecule has 2 amide bonds. The molecule has 0 heterocycles. The largest absolute Gasteiger partial charge is 0.480 e. The third-order valence-corrected chi connectivity index (χ3v) is 3.43. The first kappa shape index (κ1) is 14.3. The minimum absolute atomic E-state index is 0.0356. The second kappa shape index (κ2) is 6.36. The van der Waals surface area contributed by atoms with E-state index in [1.54, 1.807) is 0 Å². The number of carboxylic acids is 1. The van der Waals surface area contributed by atoms with Crippen molar-refractivity contribution in [2.45, 2.75) is 31.7 Å². The molecule has 20 heavy (non-hydrogen) atoms. The zero-order chi connectivity index (χ0) is 14.5. The fraction of sp³-hybridized carbons (Fsp3) is 0.429. The molecule has 2 N–H and O–H groups in total. The summed E-state index contributed by atoms with van der Waals surface area (Å²) < 4.78 is 12.8. The van der Waals surface area contributed by atoms with Gasteiger partial charge in [-0.1, -0.05) is 12.8 Å². The molecule has 1 saturated carbocycles. The molecule has 1 aliphatic rings. The van der Waals surface area contributed by atoms with Crippen molar-refractivity contribution in [2.75, 3.05) is 11.9 Å². The molecule has 0 aromatic heterocycles. The Morgan fingerprint density at radius 1 is 1.25 bits per heavy atom. The van der Waals surface area contributed by atoms with Gasteiger partial charge in [0.05, 0.1) is 0 Å². The Labute approximate surface area is 116 Å². The summed E-state index contributed by atoms with van der Waals surface area (Å²) in [6.45, 7) is -0.322. The standard InChI is InChI=1S/C14H17FN2O3/c15-10-5-7-11(8-6-10)16-14(20)17(9-13(18)19)12-3-1-2-4-12/h5-8,12H,1-4,9H2,(H,16,20)(H,18,19). The average molecular weight is 280 g/mol. The van der Waals surface area contributed by atoms with Crippen LogP contribution in [0.4, 0.5) is 14.9 Å². The zero-order valence-electron chi connectivity index (χ0n) is 11.0. The van der Waals surface area contributed by atoms with Crippen LogP contribution in [0.5, 0.6) is 0 Å². The van der Waals surface area contributed by atoms with Crippen molar-refractivity contribution in [2.24, 2.45) is 0 Å². The summed E-state index contributed by atoms with van der Waals surface area (Å²) in [4.78, 5) is 24.4. The number of hydrogen-bond donors (Lipinski definition) is 2. The number of amides is 2. The molecule has 1 aromatic carbocycles. The number of hydrogen-bond acceptors (Lipinski definition) is 2. The third-order valence-electron chi connectivity index (χ3n) is 3.43. The minimum atomic E-state index is -1.04. The Hall–Kier alpha value is -2.11. The van der Waals surface area contributed by atoms with Crippen LogP contribution in [0.25, 0.3) is 0 Å². The van der Waals surface area contributed by atoms with E-state index in [2.05, 4.69) is 5.32 Å². The second-order valence-corrected chi connectivity index (χ2v) is 4.90. The van der Waals surface area contributed by atoms with Crippen molar-refractivity contribution in [1.82, 2.24) is 4.90 Å². The molecule has 0 aliphatic heterocycles. The van der Waals surface area contributed by atoms with Gasteiger partial charge in [0, 0.05) is 11.7 Å². The summed E-state index contributed by atoms with van der Waals surface area (Å²) in [5.74, 6) is -1.42. The molecule has 5 nitrogen and oxygen atoms in total. The summed E-state index contributed by atoms with van der Waals surface area (Å²) in [5.41, 5.74) is 0.449. The number of nitrogens with one attached hydrogen (secondary N) is 1. The monoisotopic (exact) mass is 280 g/mol. The molecule has 0 bridgehead atoms. The smallest absolute Gasteiger partial charge is 0.323 e. The molecule has 1 aromatic rings. The zero-order valence-corrected chi connectivity index (χ0v) is 11.0. The van der Waals surface area contributed by atoms with E-state index in [0.717, 1.165) is 25.7 Å². The van der Waals surface area contributed by atoms with Crippen LogP contribution in [0.1, 0.15) is 25.7 Å². The van der Waals surface area contributed by atoms with E-state index in [1.807, 2.05) is 0 Å². The maximum atomic E-state index is 12.8. The van der Waals surface area contributed by atoms with Gasteiger partial charge in [0.1, 0.15) is 12.4 Å². The number of urea groups is 1. The van der Waals surface area contributed by atoms with Crippen LogP contribution >= 0.6 is 0 Å². The Bertz CT molecular complexity index is 484. The van der Waals surface area contributed by atoms with Crippen LogP contribution in [0.15, 0.2) is 24.3 Å². The molecule has 0 unspecified atom stereocenters. The molecule has 2 rings (SSSR count). The molecule has 0 radical (unpaired) electrons. The van der Waals surface area contributed by atoms with Gasteiger partial charge in [0.15, 0.2) is 0 Å². The van der Waals surface area contributed by atoms with E-state index >= 15 is 0 Å². The van der Waals surface area contributed by atoms with Crippen LogP contribution < -0.4 is 5.32 Å². The van der Waals surface area contributed by atoms with Crippen molar-refractivity contribution >= 4 is 17.7 Å². The number of benzene rings is 1. The predicted molar refractivity (Wildman–Crippen MR) is 72.0 cm³/mol. The predicted octanol–water partition coefficient (Wildman–Crippen LogP) is 2.69. The minimum Gasteiger partial charge on any atom is -0.480 e. The highest BCUT2D eigenvalue weighted by molar-refractivity contribution is 5.91. The maximum Gasteiger partial charge on any atom is 0.323 e. The first-order valence-electron chi connectivity index (χ1n) is 6.61. The van der Waals surface area contributed by atoms with Gasteiger partial charge in [0.25, 0.3) is 0 Å². The van der Waals surface area contributed by atoms with Gasteiger partial charge in [-0.05, 0) is 37.1 Å². The highest BCUT2D eigenvalue weighted by Gasteiger charge is 2.28. The fourth-order valence-electron chi connectivity index (χ4n) is 2.46. The van der Waals surface area contributed by atoms with Crippen molar-refractivity contribution in [3.05, 3.63) is 30.1 Å². The SMILES string of the molecule is O=C(O)CN(C(=O)Nc1ccc(F)cc1)C1CCCC1. The highest BCUT2D eigenvalue weighted by atomic mass is 19.1. The quantitative estimate of drug-likeness (QED) is 0.890. The van der Waals surface area contributed by atoms with E-state index in [-0.39, 0.29) is 18.4 Å². The Kier molecular flexibility index (Phi) is 4.55. The number of carbonyl (C=O) groups is 2. The molecule has 0 atom stereocenters. The Morgan fingerprint density at radius 2 is 1.85 bits per heavy atom. The number of carboxylic acid groups (broad SMARTS) is 1. The van der Waals surface area contributed by atoms with Gasteiger partial charge in [0.2, 0.25) is 0 Å². The number of anilines is 1. The second-order valence-electron chi connectivity index (χ2n) is 4.90. The lowest BCUT2D eigenvalue weighted by Crippen LogP contribution is -2.44. The molecule has 1 fully saturated rings. The van der Waals surface area contributed by atoms with Crippen LogP contribution in [0, 0.1) is 5.82 Å². The topological polar surface area (TPSA) is 69.6 Å². The summed E-state index contributed by atoms with van der Waals surface area (Å²) in [6, 6.07) is 4.89. The first-order valence-corrected chi connectivity index (χ1v) is 6.61. The lowest BCUT2D eigenvalue weighted by atomic mass is 10.2. The number of halogens is 1. The van der Waals surface area contributed by atoms with E-state index in [0.29, 0.717) is 5.69 Å². The number of nitrogens with zero attached hydrogens (tertiary/aromatic N) is 1. The van der Waals surface area contributed by atoms with Crippen molar-refractivity contribution in [1.29, 1.82) is 0 Å². The lowest BCUT2D eigenvalue weighted by Gasteiger charge is -2.27. The van der Waals surface area contributed by atoms with Gasteiger partial charge in [-0.2, -0.15) is 0 Å². The fourth-order valence-corrected chi connectivity index (χ4v) is 2.46. The maximum absolute atomic E-state index is 12.8. The third kappa shape index (κ3) is 3.69. The van der Waals surface area contributed by atoms with Gasteiger partial charge in [-0.15, -0.1) is 0 Å². The summed E-state index contributed by atoms with van der Waals surface area (Å²) in [6.07, 6.45) is 3.66. The van der Waals surface area contributed by atoms with E-state index < -0.39 is 12.0 Å². The molecular formula is C14H17FN2O3. The lowest BCUT2D eigenvalue weighted by molar-refractivity contribution is -0.138. The van der Waals surface area contributed by atoms with E-state index in [9.17, 15) is 14.0 Å². The van der Waals surface area contributed by atoms with Crippen LogP contribution in [0.3, 0.4) is 0 Å². The van der Waals surface area contributed by atoms with E-state index in [1.165, 1.54) is 29.2 Å². The van der Waals surface area contributed by atoms with Crippen LogP contribution in [-0.2, 0) is 4.79 Å². The van der Waals surface area contributed by atoms with Crippen LogP contribution in [-0.4, -0.2) is 34.6 Å². The van der Waals surface area contributed by atoms with Crippen molar-refractivity contribution in [3.8, 4) is 0 Å². The van der Waals surface area contributed by atoms with Crippen molar-refractivity contribution in [3.63, 3.8) is 0 Å². The van der Waals surface area contributed by atoms with Gasteiger partial charge in [-0.3, -0.25) is 4.79 Å². The Balaban J connectivity index is 2.05. The Morgan fingerprint density at radius 3 is 2.40 bits per heavy atom. The molecule has 0 spiro atoms. The molecule has 0 saturated heterocycles. The summed E-state index contributed by atoms with van der Waals surface area (Å²) in [5, 5.41) is 11.5. The van der Waals surface area contributed by atoms with Gasteiger partial charge < -0.3 is 15.3 Å². The van der Waals surface area contributed by atoms with Gasteiger partial charge >= 0.3 is 12.0 Å². The number of rotatable bonds is 4. The van der Waals surface area contributed by atoms with Gasteiger partial charge in [-0.25, -0.2) is 9.18 Å².